The molecule has 0 spiro atoms. The van der Waals surface area contributed by atoms with Crippen molar-refractivity contribution >= 4 is 17.8 Å². The Labute approximate surface area is 155 Å². The van der Waals surface area contributed by atoms with E-state index in [0.29, 0.717) is 6.04 Å². The Morgan fingerprint density at radius 3 is 2.81 bits per heavy atom. The van der Waals surface area contributed by atoms with Crippen LogP contribution in [0.4, 0.5) is 5.82 Å². The largest absolute Gasteiger partial charge is 0.366 e. The van der Waals surface area contributed by atoms with Crippen molar-refractivity contribution in [3.05, 3.63) is 30.0 Å². The van der Waals surface area contributed by atoms with Crippen LogP contribution in [0, 0.1) is 5.92 Å². The summed E-state index contributed by atoms with van der Waals surface area (Å²) in [5.41, 5.74) is 2.39. The second kappa shape index (κ2) is 9.69. The zero-order chi connectivity index (χ0) is 18.2. The minimum Gasteiger partial charge on any atom is -0.366 e. The highest BCUT2D eigenvalue weighted by atomic mass is 16.5. The summed E-state index contributed by atoms with van der Waals surface area (Å²) in [5.74, 6) is 1.22. The van der Waals surface area contributed by atoms with Gasteiger partial charge in [0, 0.05) is 31.4 Å². The molecule has 142 valence electrons. The number of anilines is 1. The van der Waals surface area contributed by atoms with Gasteiger partial charge in [-0.2, -0.15) is 0 Å². The van der Waals surface area contributed by atoms with Gasteiger partial charge in [0.05, 0.1) is 0 Å². The number of hydrogen-bond acceptors (Lipinski definition) is 5. The van der Waals surface area contributed by atoms with Crippen molar-refractivity contribution in [2.75, 3.05) is 25.0 Å². The van der Waals surface area contributed by atoms with Gasteiger partial charge in [0.15, 0.2) is 0 Å². The van der Waals surface area contributed by atoms with Crippen LogP contribution in [0.1, 0.15) is 50.5 Å². The number of hydrogen-bond donors (Lipinski definition) is 3. The minimum absolute atomic E-state index is 0.446. The number of likely N-dealkylation sites (tertiary alicyclic amines) is 1. The third-order valence-corrected chi connectivity index (χ3v) is 5.42. The van der Waals surface area contributed by atoms with Crippen LogP contribution >= 0.6 is 0 Å². The summed E-state index contributed by atoms with van der Waals surface area (Å²) in [6.07, 6.45) is 14.1. The highest BCUT2D eigenvalue weighted by molar-refractivity contribution is 5.90. The van der Waals surface area contributed by atoms with Gasteiger partial charge < -0.3 is 10.2 Å². The molecule has 2 heterocycles. The Hall–Kier alpha value is -1.92. The second-order valence-electron chi connectivity index (χ2n) is 7.53. The maximum Gasteiger partial charge on any atom is 0.267 e. The molecule has 1 saturated carbocycles. The number of nitrogens with zero attached hydrogens (tertiary/aromatic N) is 2. The van der Waals surface area contributed by atoms with Gasteiger partial charge in [-0.05, 0) is 61.9 Å². The first kappa shape index (κ1) is 18.9. The molecule has 0 aromatic carbocycles. The quantitative estimate of drug-likeness (QED) is 0.414. The van der Waals surface area contributed by atoms with E-state index in [1.165, 1.54) is 64.1 Å². The first-order valence-electron chi connectivity index (χ1n) is 9.80. The molecule has 1 aliphatic heterocycles. The van der Waals surface area contributed by atoms with E-state index in [9.17, 15) is 4.79 Å². The van der Waals surface area contributed by atoms with Crippen LogP contribution in [0.3, 0.4) is 0 Å². The molecule has 3 N–H and O–H groups in total. The zero-order valence-electron chi connectivity index (χ0n) is 15.4. The van der Waals surface area contributed by atoms with Crippen molar-refractivity contribution in [2.24, 2.45) is 5.92 Å². The van der Waals surface area contributed by atoms with Gasteiger partial charge in [-0.25, -0.2) is 10.5 Å². The summed E-state index contributed by atoms with van der Waals surface area (Å²) in [5, 5.41) is 12.0. The Balaban J connectivity index is 1.48. The Morgan fingerprint density at radius 1 is 1.23 bits per heavy atom. The summed E-state index contributed by atoms with van der Waals surface area (Å²) in [7, 11) is 0. The van der Waals surface area contributed by atoms with Crippen molar-refractivity contribution in [2.45, 2.75) is 51.0 Å². The number of pyridine rings is 1. The Bertz CT molecular complexity index is 596. The monoisotopic (exact) mass is 358 g/mol. The Morgan fingerprint density at radius 2 is 2.08 bits per heavy atom. The maximum atomic E-state index is 11.0. The normalized spacial score (nSPS) is 22.4. The van der Waals surface area contributed by atoms with Gasteiger partial charge in [0.2, 0.25) is 0 Å². The van der Waals surface area contributed by atoms with Gasteiger partial charge in [-0.15, -0.1) is 0 Å². The predicted octanol–water partition coefficient (Wildman–Crippen LogP) is 3.06. The van der Waals surface area contributed by atoms with Crippen LogP contribution in [0.25, 0.3) is 6.08 Å². The fourth-order valence-electron chi connectivity index (χ4n) is 4.08. The van der Waals surface area contributed by atoms with Gasteiger partial charge >= 0.3 is 0 Å². The number of aromatic nitrogens is 1. The summed E-state index contributed by atoms with van der Waals surface area (Å²) >= 11 is 0. The van der Waals surface area contributed by atoms with E-state index in [1.54, 1.807) is 17.8 Å². The number of rotatable bonds is 6. The van der Waals surface area contributed by atoms with E-state index in [4.69, 9.17) is 5.21 Å². The highest BCUT2D eigenvalue weighted by Crippen LogP contribution is 2.26. The summed E-state index contributed by atoms with van der Waals surface area (Å²) < 4.78 is 0. The third-order valence-electron chi connectivity index (χ3n) is 5.42. The number of amides is 1. The standard InChI is InChI=1S/C20H30N4O2/c25-20(23-26)11-9-16-8-10-19(21-13-16)22-18-7-4-12-24(15-18)14-17-5-2-1-3-6-17/h8-11,13,17-18,26H,1-7,12,14-15H2,(H,21,22)(H,23,25)/t18-/m0/s1. The van der Waals surface area contributed by atoms with Gasteiger partial charge in [0.25, 0.3) is 5.91 Å². The average molecular weight is 358 g/mol. The van der Waals surface area contributed by atoms with Gasteiger partial charge in [-0.3, -0.25) is 10.0 Å². The van der Waals surface area contributed by atoms with E-state index in [-0.39, 0.29) is 0 Å². The molecule has 1 amide bonds. The number of hydroxylamine groups is 1. The highest BCUT2D eigenvalue weighted by Gasteiger charge is 2.23. The predicted molar refractivity (Wildman–Crippen MR) is 103 cm³/mol. The molecular weight excluding hydrogens is 328 g/mol. The molecule has 6 heteroatoms. The van der Waals surface area contributed by atoms with Gasteiger partial charge in [0.1, 0.15) is 5.82 Å². The summed E-state index contributed by atoms with van der Waals surface area (Å²) in [6, 6.07) is 4.30. The molecule has 1 saturated heterocycles. The van der Waals surface area contributed by atoms with Crippen LogP contribution in [0.15, 0.2) is 24.4 Å². The zero-order valence-corrected chi connectivity index (χ0v) is 15.4. The fraction of sp³-hybridized carbons (Fsp3) is 0.600. The molecule has 1 aromatic heterocycles. The van der Waals surface area contributed by atoms with E-state index in [2.05, 4.69) is 15.2 Å². The van der Waals surface area contributed by atoms with Crippen molar-refractivity contribution in [1.82, 2.24) is 15.4 Å². The van der Waals surface area contributed by atoms with Gasteiger partial charge in [-0.1, -0.05) is 19.3 Å². The first-order valence-corrected chi connectivity index (χ1v) is 9.80. The van der Waals surface area contributed by atoms with Crippen molar-refractivity contribution in [3.63, 3.8) is 0 Å². The molecule has 3 rings (SSSR count). The molecule has 1 atom stereocenters. The van der Waals surface area contributed by atoms with Crippen molar-refractivity contribution in [1.29, 1.82) is 0 Å². The lowest BCUT2D eigenvalue weighted by Gasteiger charge is -2.36. The maximum absolute atomic E-state index is 11.0. The lowest BCUT2D eigenvalue weighted by molar-refractivity contribution is -0.124. The van der Waals surface area contributed by atoms with E-state index in [0.717, 1.165) is 23.8 Å². The van der Waals surface area contributed by atoms with Crippen LogP contribution in [-0.4, -0.2) is 46.7 Å². The number of carbonyl (C=O) groups is 1. The summed E-state index contributed by atoms with van der Waals surface area (Å²) in [4.78, 5) is 18.1. The van der Waals surface area contributed by atoms with Crippen LogP contribution in [0.5, 0.6) is 0 Å². The van der Waals surface area contributed by atoms with E-state index in [1.807, 2.05) is 12.1 Å². The number of carbonyl (C=O) groups excluding carboxylic acids is 1. The molecule has 26 heavy (non-hydrogen) atoms. The van der Waals surface area contributed by atoms with Crippen molar-refractivity contribution < 1.29 is 10.0 Å². The number of piperidine rings is 1. The fourth-order valence-corrected chi connectivity index (χ4v) is 4.08. The second-order valence-corrected chi connectivity index (χ2v) is 7.53. The smallest absolute Gasteiger partial charge is 0.267 e. The van der Waals surface area contributed by atoms with Crippen LogP contribution < -0.4 is 10.8 Å². The molecule has 2 aliphatic rings. The van der Waals surface area contributed by atoms with Crippen molar-refractivity contribution in [3.8, 4) is 0 Å². The van der Waals surface area contributed by atoms with Crippen LogP contribution in [0.2, 0.25) is 0 Å². The summed E-state index contributed by atoms with van der Waals surface area (Å²) in [6.45, 7) is 3.57. The molecule has 6 nitrogen and oxygen atoms in total. The molecular formula is C20H30N4O2. The van der Waals surface area contributed by atoms with E-state index >= 15 is 0 Å². The molecule has 2 fully saturated rings. The Kier molecular flexibility index (Phi) is 7.03. The number of nitrogens with one attached hydrogen (secondary N) is 2. The lowest BCUT2D eigenvalue weighted by Crippen LogP contribution is -2.44. The molecule has 1 aliphatic carbocycles. The molecule has 1 aromatic rings. The first-order chi connectivity index (χ1) is 12.7. The molecule has 0 unspecified atom stereocenters. The minimum atomic E-state index is -0.549. The van der Waals surface area contributed by atoms with Crippen LogP contribution in [-0.2, 0) is 4.79 Å². The molecule has 0 radical (unpaired) electrons. The van der Waals surface area contributed by atoms with E-state index < -0.39 is 5.91 Å². The average Bonchev–Trinajstić information content (AvgIpc) is 2.68. The topological polar surface area (TPSA) is 77.5 Å². The lowest BCUT2D eigenvalue weighted by atomic mass is 9.88. The SMILES string of the molecule is O=C(C=Cc1ccc(N[C@H]2CCCN(CC3CCCCC3)C2)nc1)NO. The third kappa shape index (κ3) is 5.81. The molecule has 0 bridgehead atoms.